The number of hydrogen-bond donors (Lipinski definition) is 1. The molecule has 1 N–H and O–H groups in total. The van der Waals surface area contributed by atoms with E-state index in [1.165, 1.54) is 29.2 Å². The summed E-state index contributed by atoms with van der Waals surface area (Å²) < 4.78 is 13.5. The molecule has 0 bridgehead atoms. The number of carbonyl (C=O) groups is 1. The molecule has 2 aromatic heterocycles. The molecular formula is C15H11FN2OS3. The Labute approximate surface area is 139 Å². The summed E-state index contributed by atoms with van der Waals surface area (Å²) >= 11 is 4.16. The third kappa shape index (κ3) is 3.73. The van der Waals surface area contributed by atoms with Gasteiger partial charge in [0.2, 0.25) is 5.91 Å². The fraction of sp³-hybridized carbons (Fsp3) is 0.0667. The van der Waals surface area contributed by atoms with E-state index in [2.05, 4.69) is 10.3 Å². The van der Waals surface area contributed by atoms with E-state index in [-0.39, 0.29) is 17.5 Å². The summed E-state index contributed by atoms with van der Waals surface area (Å²) in [6, 6.07) is 10.4. The van der Waals surface area contributed by atoms with Crippen molar-refractivity contribution < 1.29 is 9.18 Å². The molecule has 1 amide bonds. The van der Waals surface area contributed by atoms with E-state index in [1.54, 1.807) is 29.5 Å². The minimum absolute atomic E-state index is 0.148. The zero-order valence-corrected chi connectivity index (χ0v) is 13.7. The van der Waals surface area contributed by atoms with Gasteiger partial charge in [0, 0.05) is 10.3 Å². The molecule has 3 aromatic rings. The maximum Gasteiger partial charge on any atom is 0.236 e. The van der Waals surface area contributed by atoms with Gasteiger partial charge < -0.3 is 5.32 Å². The van der Waals surface area contributed by atoms with Gasteiger partial charge in [0.25, 0.3) is 0 Å². The first-order chi connectivity index (χ1) is 10.7. The van der Waals surface area contributed by atoms with Gasteiger partial charge in [-0.2, -0.15) is 0 Å². The molecule has 2 heterocycles. The molecule has 0 fully saturated rings. The van der Waals surface area contributed by atoms with Crippen LogP contribution in [0.2, 0.25) is 0 Å². The van der Waals surface area contributed by atoms with E-state index in [1.807, 2.05) is 22.9 Å². The first-order valence-electron chi connectivity index (χ1n) is 6.39. The van der Waals surface area contributed by atoms with Crippen molar-refractivity contribution >= 4 is 45.5 Å². The average molecular weight is 350 g/mol. The number of rotatable bonds is 5. The van der Waals surface area contributed by atoms with Gasteiger partial charge in [0.1, 0.15) is 5.82 Å². The number of thiophene rings is 1. The van der Waals surface area contributed by atoms with E-state index >= 15 is 0 Å². The second-order valence-electron chi connectivity index (χ2n) is 4.28. The van der Waals surface area contributed by atoms with E-state index < -0.39 is 0 Å². The van der Waals surface area contributed by atoms with Gasteiger partial charge in [0.15, 0.2) is 5.13 Å². The van der Waals surface area contributed by atoms with Crippen LogP contribution in [-0.2, 0) is 4.79 Å². The normalized spacial score (nSPS) is 10.6. The van der Waals surface area contributed by atoms with Crippen molar-refractivity contribution in [3.05, 3.63) is 53.0 Å². The standard InChI is InChI=1S/C15H11FN2OS3/c16-10-4-1-2-5-12(10)21-9-14(19)18-15-17-11(8-22-15)13-6-3-7-20-13/h1-8H,9H2,(H,17,18,19). The van der Waals surface area contributed by atoms with Gasteiger partial charge in [-0.3, -0.25) is 4.79 Å². The van der Waals surface area contributed by atoms with Crippen LogP contribution < -0.4 is 5.32 Å². The minimum atomic E-state index is -0.311. The van der Waals surface area contributed by atoms with Crippen LogP contribution in [0.25, 0.3) is 10.6 Å². The summed E-state index contributed by atoms with van der Waals surface area (Å²) in [6.45, 7) is 0. The van der Waals surface area contributed by atoms with Crippen molar-refractivity contribution in [2.75, 3.05) is 11.1 Å². The highest BCUT2D eigenvalue weighted by Crippen LogP contribution is 2.28. The maximum absolute atomic E-state index is 13.5. The topological polar surface area (TPSA) is 42.0 Å². The molecule has 1 aromatic carbocycles. The summed E-state index contributed by atoms with van der Waals surface area (Å²) in [5.41, 5.74) is 0.858. The third-order valence-corrected chi connectivity index (χ3v) is 5.42. The van der Waals surface area contributed by atoms with Gasteiger partial charge >= 0.3 is 0 Å². The van der Waals surface area contributed by atoms with Gasteiger partial charge in [-0.05, 0) is 23.6 Å². The number of carbonyl (C=O) groups excluding carboxylic acids is 1. The number of hydrogen-bond acceptors (Lipinski definition) is 5. The lowest BCUT2D eigenvalue weighted by molar-refractivity contribution is -0.113. The van der Waals surface area contributed by atoms with Crippen molar-refractivity contribution in [3.8, 4) is 10.6 Å². The predicted molar refractivity (Wildman–Crippen MR) is 91.2 cm³/mol. The largest absolute Gasteiger partial charge is 0.301 e. The quantitative estimate of drug-likeness (QED) is 0.676. The highest BCUT2D eigenvalue weighted by atomic mass is 32.2. The van der Waals surface area contributed by atoms with Gasteiger partial charge in [0.05, 0.1) is 16.3 Å². The van der Waals surface area contributed by atoms with Gasteiger partial charge in [-0.1, -0.05) is 18.2 Å². The Morgan fingerprint density at radius 2 is 2.09 bits per heavy atom. The first kappa shape index (κ1) is 15.2. The highest BCUT2D eigenvalue weighted by Gasteiger charge is 2.10. The number of nitrogens with zero attached hydrogens (tertiary/aromatic N) is 1. The Hall–Kier alpha value is -1.70. The highest BCUT2D eigenvalue weighted by molar-refractivity contribution is 8.00. The van der Waals surface area contributed by atoms with E-state index in [4.69, 9.17) is 0 Å². The fourth-order valence-electron chi connectivity index (χ4n) is 1.73. The molecule has 0 unspecified atom stereocenters. The number of nitrogens with one attached hydrogen (secondary N) is 1. The second-order valence-corrected chi connectivity index (χ2v) is 7.11. The molecule has 0 saturated carbocycles. The van der Waals surface area contributed by atoms with Crippen LogP contribution in [0, 0.1) is 5.82 Å². The Morgan fingerprint density at radius 3 is 2.86 bits per heavy atom. The molecule has 0 aliphatic carbocycles. The predicted octanol–water partition coefficient (Wildman–Crippen LogP) is 4.74. The summed E-state index contributed by atoms with van der Waals surface area (Å²) in [6.07, 6.45) is 0. The van der Waals surface area contributed by atoms with Gasteiger partial charge in [-0.25, -0.2) is 9.37 Å². The first-order valence-corrected chi connectivity index (χ1v) is 9.13. The SMILES string of the molecule is O=C(CSc1ccccc1F)Nc1nc(-c2cccs2)cs1. The van der Waals surface area contributed by atoms with Crippen LogP contribution in [0.15, 0.2) is 52.1 Å². The van der Waals surface area contributed by atoms with Crippen LogP contribution in [0.4, 0.5) is 9.52 Å². The Kier molecular flexibility index (Phi) is 4.87. The van der Waals surface area contributed by atoms with Crippen LogP contribution in [0.1, 0.15) is 0 Å². The molecule has 112 valence electrons. The molecule has 0 atom stereocenters. The van der Waals surface area contributed by atoms with Crippen LogP contribution in [-0.4, -0.2) is 16.6 Å². The number of anilines is 1. The third-order valence-electron chi connectivity index (χ3n) is 2.72. The van der Waals surface area contributed by atoms with Crippen molar-refractivity contribution in [3.63, 3.8) is 0 Å². The Balaban J connectivity index is 1.57. The Morgan fingerprint density at radius 1 is 1.23 bits per heavy atom. The van der Waals surface area contributed by atoms with Crippen molar-refractivity contribution in [1.82, 2.24) is 4.98 Å². The summed E-state index contributed by atoms with van der Waals surface area (Å²) in [5.74, 6) is -0.357. The lowest BCUT2D eigenvalue weighted by Gasteiger charge is -2.03. The van der Waals surface area contributed by atoms with Crippen LogP contribution in [0.5, 0.6) is 0 Å². The molecular weight excluding hydrogens is 339 g/mol. The molecule has 0 spiro atoms. The zero-order valence-electron chi connectivity index (χ0n) is 11.3. The summed E-state index contributed by atoms with van der Waals surface area (Å²) in [5, 5.41) is 7.19. The Bertz CT molecular complexity index is 771. The van der Waals surface area contributed by atoms with Crippen molar-refractivity contribution in [2.45, 2.75) is 4.90 Å². The monoisotopic (exact) mass is 350 g/mol. The number of thiazole rings is 1. The molecule has 7 heteroatoms. The lowest BCUT2D eigenvalue weighted by Crippen LogP contribution is -2.13. The molecule has 3 rings (SSSR count). The van der Waals surface area contributed by atoms with E-state index in [0.29, 0.717) is 10.0 Å². The van der Waals surface area contributed by atoms with E-state index in [9.17, 15) is 9.18 Å². The van der Waals surface area contributed by atoms with Gasteiger partial charge in [-0.15, -0.1) is 34.4 Å². The van der Waals surface area contributed by atoms with Crippen molar-refractivity contribution in [2.24, 2.45) is 0 Å². The summed E-state index contributed by atoms with van der Waals surface area (Å²) in [4.78, 5) is 17.8. The molecule has 3 nitrogen and oxygen atoms in total. The molecule has 0 saturated heterocycles. The average Bonchev–Trinajstić information content (AvgIpc) is 3.17. The molecule has 0 aliphatic rings. The van der Waals surface area contributed by atoms with Crippen LogP contribution >= 0.6 is 34.4 Å². The van der Waals surface area contributed by atoms with Crippen LogP contribution in [0.3, 0.4) is 0 Å². The molecule has 0 aliphatic heterocycles. The maximum atomic E-state index is 13.5. The smallest absolute Gasteiger partial charge is 0.236 e. The summed E-state index contributed by atoms with van der Waals surface area (Å²) in [7, 11) is 0. The number of aromatic nitrogens is 1. The number of benzene rings is 1. The second kappa shape index (κ2) is 7.04. The lowest BCUT2D eigenvalue weighted by atomic mass is 10.3. The number of amides is 1. The zero-order chi connectivity index (χ0) is 15.4. The number of thioether (sulfide) groups is 1. The molecule has 22 heavy (non-hydrogen) atoms. The minimum Gasteiger partial charge on any atom is -0.301 e. The van der Waals surface area contributed by atoms with Crippen molar-refractivity contribution in [1.29, 1.82) is 0 Å². The van der Waals surface area contributed by atoms with E-state index in [0.717, 1.165) is 10.6 Å². The number of halogens is 1. The fourth-order valence-corrected chi connectivity index (χ4v) is 3.96. The molecule has 0 radical (unpaired) electrons.